The van der Waals surface area contributed by atoms with E-state index in [1.54, 1.807) is 6.07 Å². The van der Waals surface area contributed by atoms with E-state index in [0.717, 1.165) is 0 Å². The molecule has 0 heterocycles. The van der Waals surface area contributed by atoms with E-state index in [4.69, 9.17) is 4.74 Å². The van der Waals surface area contributed by atoms with Crippen molar-refractivity contribution in [3.8, 4) is 11.5 Å². The highest BCUT2D eigenvalue weighted by atomic mass is 79.9. The third-order valence-corrected chi connectivity index (χ3v) is 3.43. The first-order valence-corrected chi connectivity index (χ1v) is 6.85. The molecule has 0 saturated carbocycles. The maximum Gasteiger partial charge on any atom is 0.255 e. The molecule has 1 unspecified atom stereocenters. The van der Waals surface area contributed by atoms with Crippen molar-refractivity contribution in [2.45, 2.75) is 19.9 Å². The highest BCUT2D eigenvalue weighted by Crippen LogP contribution is 2.23. The van der Waals surface area contributed by atoms with Crippen LogP contribution in [0.4, 0.5) is 0 Å². The quantitative estimate of drug-likeness (QED) is 0.821. The van der Waals surface area contributed by atoms with Gasteiger partial charge in [-0.1, -0.05) is 29.8 Å². The van der Waals surface area contributed by atoms with Crippen LogP contribution in [-0.2, 0) is 0 Å². The molecule has 0 fully saturated rings. The summed E-state index contributed by atoms with van der Waals surface area (Å²) in [6.07, 6.45) is 0. The van der Waals surface area contributed by atoms with E-state index in [0.29, 0.717) is 17.0 Å². The molecule has 1 atom stereocenters. The molecule has 0 aliphatic heterocycles. The van der Waals surface area contributed by atoms with E-state index in [1.165, 1.54) is 19.2 Å². The molecule has 0 bridgehead atoms. The zero-order valence-electron chi connectivity index (χ0n) is 10.7. The lowest BCUT2D eigenvalue weighted by Crippen LogP contribution is -2.39. The third kappa shape index (κ3) is 3.63. The topological polar surface area (TPSA) is 58.6 Å². The van der Waals surface area contributed by atoms with Gasteiger partial charge in [0.1, 0.15) is 11.5 Å². The van der Waals surface area contributed by atoms with E-state index in [-0.39, 0.29) is 23.3 Å². The molecule has 0 spiro atoms. The Morgan fingerprint density at radius 1 is 1.50 bits per heavy atom. The van der Waals surface area contributed by atoms with Crippen LogP contribution in [0.1, 0.15) is 24.2 Å². The molecule has 0 saturated heterocycles. The molecule has 0 aliphatic carbocycles. The zero-order valence-corrected chi connectivity index (χ0v) is 12.3. The van der Waals surface area contributed by atoms with Gasteiger partial charge in [0.2, 0.25) is 0 Å². The van der Waals surface area contributed by atoms with Gasteiger partial charge in [0.25, 0.3) is 5.91 Å². The molecule has 2 N–H and O–H groups in total. The molecule has 5 heteroatoms. The second kappa shape index (κ2) is 6.64. The summed E-state index contributed by atoms with van der Waals surface area (Å²) in [5.41, 5.74) is 0.223. The Hall–Kier alpha value is -1.23. The largest absolute Gasteiger partial charge is 0.507 e. The van der Waals surface area contributed by atoms with Gasteiger partial charge in [-0.25, -0.2) is 0 Å². The van der Waals surface area contributed by atoms with Gasteiger partial charge >= 0.3 is 0 Å². The third-order valence-electron chi connectivity index (χ3n) is 2.74. The highest BCUT2D eigenvalue weighted by molar-refractivity contribution is 9.09. The number of hydrogen-bond donors (Lipinski definition) is 2. The smallest absolute Gasteiger partial charge is 0.255 e. The molecule has 100 valence electrons. The second-order valence-electron chi connectivity index (χ2n) is 4.36. The average molecular weight is 316 g/mol. The first-order chi connectivity index (χ1) is 8.49. The molecule has 0 aliphatic rings. The summed E-state index contributed by atoms with van der Waals surface area (Å²) < 4.78 is 5.04. The SMILES string of the molecule is COc1ccc(O)c(C(=O)NC(CBr)C(C)C)c1. The Bertz CT molecular complexity index is 421. The number of nitrogens with one attached hydrogen (secondary N) is 1. The summed E-state index contributed by atoms with van der Waals surface area (Å²) >= 11 is 3.36. The summed E-state index contributed by atoms with van der Waals surface area (Å²) in [6, 6.07) is 4.60. The fraction of sp³-hybridized carbons (Fsp3) is 0.462. The number of amides is 1. The molecule has 4 nitrogen and oxygen atoms in total. The predicted molar refractivity (Wildman–Crippen MR) is 74.5 cm³/mol. The minimum Gasteiger partial charge on any atom is -0.507 e. The summed E-state index contributed by atoms with van der Waals surface area (Å²) in [5, 5.41) is 13.2. The van der Waals surface area contributed by atoms with Gasteiger partial charge in [0.15, 0.2) is 0 Å². The number of hydrogen-bond acceptors (Lipinski definition) is 3. The Balaban J connectivity index is 2.89. The molecule has 18 heavy (non-hydrogen) atoms. The Kier molecular flexibility index (Phi) is 5.47. The van der Waals surface area contributed by atoms with Crippen LogP contribution >= 0.6 is 15.9 Å². The number of carbonyl (C=O) groups excluding carboxylic acids is 1. The minimum absolute atomic E-state index is 0.0168. The Morgan fingerprint density at radius 2 is 2.17 bits per heavy atom. The number of phenolic OH excluding ortho intramolecular Hbond substituents is 1. The number of ether oxygens (including phenoxy) is 1. The van der Waals surface area contributed by atoms with Crippen LogP contribution in [0.15, 0.2) is 18.2 Å². The fourth-order valence-corrected chi connectivity index (χ4v) is 2.36. The first kappa shape index (κ1) is 14.8. The van der Waals surface area contributed by atoms with Crippen molar-refractivity contribution in [1.29, 1.82) is 0 Å². The van der Waals surface area contributed by atoms with E-state index >= 15 is 0 Å². The molecule has 1 aromatic carbocycles. The molecule has 0 aromatic heterocycles. The lowest BCUT2D eigenvalue weighted by atomic mass is 10.1. The van der Waals surface area contributed by atoms with Gasteiger partial charge in [0, 0.05) is 11.4 Å². The summed E-state index contributed by atoms with van der Waals surface area (Å²) in [5.74, 6) is 0.494. The van der Waals surface area contributed by atoms with Crippen molar-refractivity contribution in [3.05, 3.63) is 23.8 Å². The van der Waals surface area contributed by atoms with E-state index in [2.05, 4.69) is 21.2 Å². The van der Waals surface area contributed by atoms with Crippen LogP contribution < -0.4 is 10.1 Å². The zero-order chi connectivity index (χ0) is 13.7. The van der Waals surface area contributed by atoms with Crippen LogP contribution in [0.2, 0.25) is 0 Å². The molecule has 0 radical (unpaired) electrons. The number of rotatable bonds is 5. The number of benzene rings is 1. The Labute approximate surface area is 115 Å². The molecular formula is C13H18BrNO3. The summed E-state index contributed by atoms with van der Waals surface area (Å²) in [7, 11) is 1.52. The molecule has 1 aromatic rings. The molecule has 1 rings (SSSR count). The van der Waals surface area contributed by atoms with Gasteiger partial charge in [-0.15, -0.1) is 0 Å². The van der Waals surface area contributed by atoms with E-state index in [9.17, 15) is 9.90 Å². The van der Waals surface area contributed by atoms with Crippen LogP contribution in [-0.4, -0.2) is 29.5 Å². The van der Waals surface area contributed by atoms with Gasteiger partial charge in [-0.05, 0) is 24.1 Å². The number of aromatic hydroxyl groups is 1. The van der Waals surface area contributed by atoms with Crippen LogP contribution in [0.3, 0.4) is 0 Å². The monoisotopic (exact) mass is 315 g/mol. The number of alkyl halides is 1. The van der Waals surface area contributed by atoms with Crippen molar-refractivity contribution in [2.75, 3.05) is 12.4 Å². The number of carbonyl (C=O) groups is 1. The van der Waals surface area contributed by atoms with E-state index in [1.807, 2.05) is 13.8 Å². The number of methoxy groups -OCH3 is 1. The maximum absolute atomic E-state index is 12.1. The maximum atomic E-state index is 12.1. The van der Waals surface area contributed by atoms with Crippen molar-refractivity contribution in [3.63, 3.8) is 0 Å². The second-order valence-corrected chi connectivity index (χ2v) is 5.01. The predicted octanol–water partition coefficient (Wildman–Crippen LogP) is 2.55. The first-order valence-electron chi connectivity index (χ1n) is 5.73. The normalized spacial score (nSPS) is 12.3. The van der Waals surface area contributed by atoms with Gasteiger partial charge in [-0.2, -0.15) is 0 Å². The van der Waals surface area contributed by atoms with Gasteiger partial charge in [-0.3, -0.25) is 4.79 Å². The number of halogens is 1. The standard InChI is InChI=1S/C13H18BrNO3/c1-8(2)11(7-14)15-13(17)10-6-9(18-3)4-5-12(10)16/h4-6,8,11,16H,7H2,1-3H3,(H,15,17). The van der Waals surface area contributed by atoms with Crippen LogP contribution in [0, 0.1) is 5.92 Å². The van der Waals surface area contributed by atoms with Crippen molar-refractivity contribution in [1.82, 2.24) is 5.32 Å². The van der Waals surface area contributed by atoms with Gasteiger partial charge < -0.3 is 15.2 Å². The lowest BCUT2D eigenvalue weighted by Gasteiger charge is -2.20. The highest BCUT2D eigenvalue weighted by Gasteiger charge is 2.18. The summed E-state index contributed by atoms with van der Waals surface area (Å²) in [6.45, 7) is 4.05. The van der Waals surface area contributed by atoms with Crippen molar-refractivity contribution in [2.24, 2.45) is 5.92 Å². The summed E-state index contributed by atoms with van der Waals surface area (Å²) in [4.78, 5) is 12.1. The van der Waals surface area contributed by atoms with Crippen LogP contribution in [0.5, 0.6) is 11.5 Å². The van der Waals surface area contributed by atoms with Gasteiger partial charge in [0.05, 0.1) is 12.7 Å². The number of phenols is 1. The van der Waals surface area contributed by atoms with E-state index < -0.39 is 0 Å². The van der Waals surface area contributed by atoms with Crippen molar-refractivity contribution < 1.29 is 14.6 Å². The molecular weight excluding hydrogens is 298 g/mol. The van der Waals surface area contributed by atoms with Crippen LogP contribution in [0.25, 0.3) is 0 Å². The Morgan fingerprint density at radius 3 is 2.67 bits per heavy atom. The fourth-order valence-electron chi connectivity index (χ4n) is 1.45. The minimum atomic E-state index is -0.301. The molecule has 1 amide bonds. The lowest BCUT2D eigenvalue weighted by molar-refractivity contribution is 0.0928. The van der Waals surface area contributed by atoms with Crippen molar-refractivity contribution >= 4 is 21.8 Å². The average Bonchev–Trinajstić information content (AvgIpc) is 2.35.